The molecule has 0 heterocycles. The highest BCUT2D eigenvalue weighted by molar-refractivity contribution is 5.86. The Morgan fingerprint density at radius 1 is 1.26 bits per heavy atom. The molecule has 0 amide bonds. The summed E-state index contributed by atoms with van der Waals surface area (Å²) in [6.45, 7) is 12.4. The van der Waals surface area contributed by atoms with Crippen LogP contribution in [0.15, 0.2) is 37.5 Å². The van der Waals surface area contributed by atoms with Gasteiger partial charge in [0, 0.05) is 24.3 Å². The number of carbonyl (C=O) groups is 2. The maximum atomic E-state index is 10.5. The minimum atomic E-state index is -0.455. The molecular formula is C16H26N2O5. The number of hydrogen-bond acceptors (Lipinski definition) is 7. The quantitative estimate of drug-likeness (QED) is 0.424. The summed E-state index contributed by atoms with van der Waals surface area (Å²) in [6.07, 6.45) is 2.34. The lowest BCUT2D eigenvalue weighted by molar-refractivity contribution is -0.140. The fourth-order valence-electron chi connectivity index (χ4n) is 0.649. The van der Waals surface area contributed by atoms with E-state index in [2.05, 4.69) is 24.5 Å². The van der Waals surface area contributed by atoms with Crippen LogP contribution in [-0.2, 0) is 19.1 Å². The average molecular weight is 326 g/mol. The molecule has 0 aromatic carbocycles. The summed E-state index contributed by atoms with van der Waals surface area (Å²) < 4.78 is 9.17. The Hall–Kier alpha value is -2.43. The summed E-state index contributed by atoms with van der Waals surface area (Å²) >= 11 is 0. The third-order valence-corrected chi connectivity index (χ3v) is 1.71. The van der Waals surface area contributed by atoms with Gasteiger partial charge in [0.1, 0.15) is 13.2 Å². The molecule has 0 atom stereocenters. The lowest BCUT2D eigenvalue weighted by atomic mass is 10.4. The molecule has 0 saturated carbocycles. The molecule has 0 radical (unpaired) electrons. The molecular weight excluding hydrogens is 300 g/mol. The topological polar surface area (TPSA) is 99.9 Å². The first kappa shape index (κ1) is 25.5. The van der Waals surface area contributed by atoms with Crippen molar-refractivity contribution in [3.63, 3.8) is 0 Å². The van der Waals surface area contributed by atoms with Crippen LogP contribution in [0.2, 0.25) is 0 Å². The number of allylic oxidation sites excluding steroid dienone is 1. The smallest absolute Gasteiger partial charge is 0.333 e. The van der Waals surface area contributed by atoms with E-state index in [4.69, 9.17) is 15.1 Å². The lowest BCUT2D eigenvalue weighted by Gasteiger charge is -2.07. The third-order valence-electron chi connectivity index (χ3n) is 1.71. The number of hydrogen-bond donors (Lipinski definition) is 1. The third kappa shape index (κ3) is 28.5. The Bertz CT molecular complexity index is 411. The number of ether oxygens (including phenoxy) is 2. The van der Waals surface area contributed by atoms with Crippen molar-refractivity contribution in [2.45, 2.75) is 6.92 Å². The van der Waals surface area contributed by atoms with Crippen molar-refractivity contribution in [3.8, 4) is 6.07 Å². The Balaban J connectivity index is -0.000000284. The minimum Gasteiger partial charge on any atom is -0.461 e. The summed E-state index contributed by atoms with van der Waals surface area (Å²) in [7, 11) is 3.84. The summed E-state index contributed by atoms with van der Waals surface area (Å²) in [6, 6.07) is 1.69. The molecule has 0 aliphatic rings. The molecule has 23 heavy (non-hydrogen) atoms. The van der Waals surface area contributed by atoms with Crippen LogP contribution in [0.4, 0.5) is 0 Å². The largest absolute Gasteiger partial charge is 0.461 e. The number of aliphatic hydroxyl groups excluding tert-OH is 1. The van der Waals surface area contributed by atoms with Crippen molar-refractivity contribution >= 4 is 11.9 Å². The van der Waals surface area contributed by atoms with E-state index < -0.39 is 5.97 Å². The first-order valence-corrected chi connectivity index (χ1v) is 6.64. The van der Waals surface area contributed by atoms with Gasteiger partial charge < -0.3 is 19.5 Å². The SMILES string of the molecule is C=C(C)C(=O)OCCO.C=CC#N.C=CC(=O)OCCN(C)C. The van der Waals surface area contributed by atoms with Crippen LogP contribution in [0.3, 0.4) is 0 Å². The van der Waals surface area contributed by atoms with E-state index in [9.17, 15) is 9.59 Å². The maximum absolute atomic E-state index is 10.5. The van der Waals surface area contributed by atoms with Crippen LogP contribution < -0.4 is 0 Å². The Morgan fingerprint density at radius 2 is 1.78 bits per heavy atom. The molecule has 130 valence electrons. The van der Waals surface area contributed by atoms with Crippen LogP contribution in [0, 0.1) is 11.3 Å². The normalized spacial score (nSPS) is 8.17. The first-order valence-electron chi connectivity index (χ1n) is 6.64. The predicted octanol–water partition coefficient (Wildman–Crippen LogP) is 1.07. The van der Waals surface area contributed by atoms with Crippen LogP contribution in [-0.4, -0.2) is 62.4 Å². The molecule has 1 N–H and O–H groups in total. The number of nitrogens with zero attached hydrogens (tertiary/aromatic N) is 2. The second-order valence-corrected chi connectivity index (χ2v) is 4.15. The van der Waals surface area contributed by atoms with Gasteiger partial charge in [0.2, 0.25) is 0 Å². The molecule has 0 fully saturated rings. The Labute approximate surface area is 138 Å². The van der Waals surface area contributed by atoms with E-state index in [1.54, 1.807) is 13.0 Å². The average Bonchev–Trinajstić information content (AvgIpc) is 2.52. The van der Waals surface area contributed by atoms with E-state index in [0.29, 0.717) is 12.2 Å². The van der Waals surface area contributed by atoms with Gasteiger partial charge in [-0.2, -0.15) is 5.26 Å². The Morgan fingerprint density at radius 3 is 2.09 bits per heavy atom. The number of likely N-dealkylation sites (N-methyl/N-ethyl adjacent to an activating group) is 1. The molecule has 0 aromatic heterocycles. The molecule has 0 aliphatic carbocycles. The summed E-state index contributed by atoms with van der Waals surface area (Å²) in [5.41, 5.74) is 0.350. The number of nitriles is 1. The van der Waals surface area contributed by atoms with E-state index in [1.807, 2.05) is 19.0 Å². The van der Waals surface area contributed by atoms with Gasteiger partial charge in [-0.05, 0) is 21.0 Å². The van der Waals surface area contributed by atoms with Gasteiger partial charge in [-0.1, -0.05) is 19.7 Å². The van der Waals surface area contributed by atoms with Crippen molar-refractivity contribution in [1.29, 1.82) is 5.26 Å². The van der Waals surface area contributed by atoms with Crippen LogP contribution in [0.1, 0.15) is 6.92 Å². The van der Waals surface area contributed by atoms with Gasteiger partial charge in [-0.15, -0.1) is 0 Å². The zero-order valence-electron chi connectivity index (χ0n) is 14.1. The lowest BCUT2D eigenvalue weighted by Crippen LogP contribution is -2.19. The predicted molar refractivity (Wildman–Crippen MR) is 88.4 cm³/mol. The van der Waals surface area contributed by atoms with Gasteiger partial charge in [-0.25, -0.2) is 9.59 Å². The van der Waals surface area contributed by atoms with Gasteiger partial charge >= 0.3 is 11.9 Å². The molecule has 7 heteroatoms. The van der Waals surface area contributed by atoms with Gasteiger partial charge in [0.05, 0.1) is 12.7 Å². The fourth-order valence-corrected chi connectivity index (χ4v) is 0.649. The molecule has 7 nitrogen and oxygen atoms in total. The number of carbonyl (C=O) groups excluding carboxylic acids is 2. The highest BCUT2D eigenvalue weighted by atomic mass is 16.5. The zero-order chi connectivity index (χ0) is 18.7. The molecule has 0 aromatic rings. The summed E-state index contributed by atoms with van der Waals surface area (Å²) in [4.78, 5) is 22.8. The number of aliphatic hydroxyl groups is 1. The van der Waals surface area contributed by atoms with Crippen molar-refractivity contribution in [2.75, 3.05) is 40.5 Å². The standard InChI is InChI=1S/C7H13NO2.C6H10O3.C3H3N/c1-4-7(9)10-6-5-8(2)3;1-5(2)6(8)9-4-3-7;1-2-3-4/h4H,1,5-6H2,2-3H3;7H,1,3-4H2,2H3;2H,1H2. The van der Waals surface area contributed by atoms with Gasteiger partial charge in [0.15, 0.2) is 0 Å². The van der Waals surface area contributed by atoms with Crippen LogP contribution in [0.25, 0.3) is 0 Å². The van der Waals surface area contributed by atoms with Crippen molar-refractivity contribution in [1.82, 2.24) is 4.90 Å². The van der Waals surface area contributed by atoms with E-state index in [0.717, 1.165) is 12.6 Å². The van der Waals surface area contributed by atoms with Crippen LogP contribution in [0.5, 0.6) is 0 Å². The van der Waals surface area contributed by atoms with Crippen molar-refractivity contribution in [3.05, 3.63) is 37.5 Å². The highest BCUT2D eigenvalue weighted by Gasteiger charge is 1.99. The number of esters is 2. The molecule has 0 spiro atoms. The monoisotopic (exact) mass is 326 g/mol. The second kappa shape index (κ2) is 19.6. The van der Waals surface area contributed by atoms with Crippen molar-refractivity contribution < 1.29 is 24.2 Å². The maximum Gasteiger partial charge on any atom is 0.333 e. The Kier molecular flexibility index (Phi) is 21.7. The highest BCUT2D eigenvalue weighted by Crippen LogP contribution is 1.89. The van der Waals surface area contributed by atoms with E-state index in [1.165, 1.54) is 6.08 Å². The second-order valence-electron chi connectivity index (χ2n) is 4.15. The van der Waals surface area contributed by atoms with Crippen molar-refractivity contribution in [2.24, 2.45) is 0 Å². The molecule has 0 rings (SSSR count). The minimum absolute atomic E-state index is 0.0473. The summed E-state index contributed by atoms with van der Waals surface area (Å²) in [5, 5.41) is 15.7. The van der Waals surface area contributed by atoms with E-state index >= 15 is 0 Å². The van der Waals surface area contributed by atoms with Gasteiger partial charge in [-0.3, -0.25) is 0 Å². The first-order chi connectivity index (χ1) is 10.8. The molecule has 0 aliphatic heterocycles. The van der Waals surface area contributed by atoms with Gasteiger partial charge in [0.25, 0.3) is 0 Å². The fraction of sp³-hybridized carbons (Fsp3) is 0.438. The van der Waals surface area contributed by atoms with Crippen LogP contribution >= 0.6 is 0 Å². The zero-order valence-corrected chi connectivity index (χ0v) is 14.1. The van der Waals surface area contributed by atoms with E-state index in [-0.39, 0.29) is 19.2 Å². The summed E-state index contributed by atoms with van der Waals surface area (Å²) in [5.74, 6) is -0.814. The molecule has 0 saturated heterocycles. The number of rotatable bonds is 7. The molecule has 0 bridgehead atoms. The molecule has 0 unspecified atom stereocenters.